The first-order chi connectivity index (χ1) is 14.7. The van der Waals surface area contributed by atoms with E-state index in [4.69, 9.17) is 9.15 Å². The van der Waals surface area contributed by atoms with Crippen LogP contribution in [0.25, 0.3) is 6.08 Å². The maximum absolute atomic E-state index is 13.6. The molecule has 10 heteroatoms. The topological polar surface area (TPSA) is 48.7 Å². The van der Waals surface area contributed by atoms with E-state index in [9.17, 15) is 31.1 Å². The second-order valence-electron chi connectivity index (χ2n) is 5.99. The van der Waals surface area contributed by atoms with Gasteiger partial charge in [0.05, 0.1) is 0 Å². The van der Waals surface area contributed by atoms with Crippen molar-refractivity contribution in [1.82, 2.24) is 0 Å². The first kappa shape index (κ1) is 22.0. The molecule has 0 atom stereocenters. The summed E-state index contributed by atoms with van der Waals surface area (Å²) in [5.41, 5.74) is 0.0867. The summed E-state index contributed by atoms with van der Waals surface area (Å²) in [5.74, 6) is -8.35. The lowest BCUT2D eigenvalue weighted by Gasteiger charge is -2.08. The quantitative estimate of drug-likeness (QED) is 0.188. The molecule has 4 nitrogen and oxygen atoms in total. The lowest BCUT2D eigenvalue weighted by atomic mass is 10.1. The minimum Gasteiger partial charge on any atom is -0.479 e. The standard InChI is InChI=1S/C21H12F6O4/c22-15-9-16(23)19(25)20(18(15)24)29-10-14-5-4-12(30-14)6-7-17(28)11-2-1-3-13(8-11)31-21(26)27/h1-9,21H,10H2/b7-6+. The molecule has 1 aromatic heterocycles. The number of carbonyl (C=O) groups excluding carboxylic acids is 1. The first-order valence-electron chi connectivity index (χ1n) is 8.56. The highest BCUT2D eigenvalue weighted by atomic mass is 19.3. The van der Waals surface area contributed by atoms with Crippen LogP contribution in [-0.4, -0.2) is 12.4 Å². The maximum atomic E-state index is 13.6. The van der Waals surface area contributed by atoms with Gasteiger partial charge in [0.15, 0.2) is 23.2 Å². The minimum atomic E-state index is -3.03. The molecule has 0 amide bonds. The molecule has 0 radical (unpaired) electrons. The average Bonchev–Trinajstić information content (AvgIpc) is 3.18. The van der Waals surface area contributed by atoms with Gasteiger partial charge in [-0.25, -0.2) is 8.78 Å². The van der Waals surface area contributed by atoms with Crippen molar-refractivity contribution in [2.75, 3.05) is 0 Å². The van der Waals surface area contributed by atoms with E-state index in [-0.39, 0.29) is 28.9 Å². The smallest absolute Gasteiger partial charge is 0.387 e. The Kier molecular flexibility index (Phi) is 6.68. The molecule has 0 N–H and O–H groups in total. The van der Waals surface area contributed by atoms with Crippen molar-refractivity contribution in [3.8, 4) is 11.5 Å². The number of carbonyl (C=O) groups is 1. The van der Waals surface area contributed by atoms with E-state index in [1.807, 2.05) is 0 Å². The fraction of sp³-hybridized carbons (Fsp3) is 0.0952. The SMILES string of the molecule is O=C(/C=C/c1ccc(COc2c(F)c(F)cc(F)c2F)o1)c1cccc(OC(F)F)c1. The van der Waals surface area contributed by atoms with Crippen molar-refractivity contribution in [2.45, 2.75) is 13.2 Å². The molecule has 0 saturated carbocycles. The predicted molar refractivity (Wildman–Crippen MR) is 95.8 cm³/mol. The lowest BCUT2D eigenvalue weighted by Crippen LogP contribution is -2.03. The number of hydrogen-bond acceptors (Lipinski definition) is 4. The molecular formula is C21H12F6O4. The van der Waals surface area contributed by atoms with Gasteiger partial charge in [0.25, 0.3) is 0 Å². The molecular weight excluding hydrogens is 430 g/mol. The summed E-state index contributed by atoms with van der Waals surface area (Å²) in [4.78, 5) is 12.2. The lowest BCUT2D eigenvalue weighted by molar-refractivity contribution is -0.0498. The number of rotatable bonds is 8. The Morgan fingerprint density at radius 1 is 1.00 bits per heavy atom. The third-order valence-corrected chi connectivity index (χ3v) is 3.86. The van der Waals surface area contributed by atoms with Crippen LogP contribution in [-0.2, 0) is 6.61 Å². The van der Waals surface area contributed by atoms with Gasteiger partial charge in [0.2, 0.25) is 11.6 Å². The number of alkyl halides is 2. The van der Waals surface area contributed by atoms with E-state index >= 15 is 0 Å². The van der Waals surface area contributed by atoms with Crippen LogP contribution in [0.3, 0.4) is 0 Å². The predicted octanol–water partition coefficient (Wildman–Crippen LogP) is 5.91. The van der Waals surface area contributed by atoms with Gasteiger partial charge >= 0.3 is 6.61 Å². The monoisotopic (exact) mass is 442 g/mol. The van der Waals surface area contributed by atoms with Crippen LogP contribution < -0.4 is 9.47 Å². The molecule has 2 aromatic carbocycles. The van der Waals surface area contributed by atoms with Crippen LogP contribution in [0.2, 0.25) is 0 Å². The highest BCUT2D eigenvalue weighted by molar-refractivity contribution is 6.06. The van der Waals surface area contributed by atoms with E-state index in [1.165, 1.54) is 36.4 Å². The number of hydrogen-bond donors (Lipinski definition) is 0. The summed E-state index contributed by atoms with van der Waals surface area (Å²) >= 11 is 0. The Hall–Kier alpha value is -3.69. The van der Waals surface area contributed by atoms with Crippen molar-refractivity contribution < 1.29 is 45.0 Å². The Balaban J connectivity index is 1.65. The zero-order valence-electron chi connectivity index (χ0n) is 15.4. The van der Waals surface area contributed by atoms with Gasteiger partial charge < -0.3 is 13.9 Å². The highest BCUT2D eigenvalue weighted by Gasteiger charge is 2.21. The van der Waals surface area contributed by atoms with Crippen LogP contribution in [0.1, 0.15) is 21.9 Å². The molecule has 0 bridgehead atoms. The van der Waals surface area contributed by atoms with Gasteiger partial charge in [-0.1, -0.05) is 12.1 Å². The Morgan fingerprint density at radius 2 is 1.71 bits per heavy atom. The van der Waals surface area contributed by atoms with Gasteiger partial charge in [-0.05, 0) is 36.4 Å². The number of allylic oxidation sites excluding steroid dienone is 1. The number of halogens is 6. The normalized spacial score (nSPS) is 11.3. The van der Waals surface area contributed by atoms with Gasteiger partial charge in [0, 0.05) is 11.6 Å². The fourth-order valence-electron chi connectivity index (χ4n) is 2.46. The summed E-state index contributed by atoms with van der Waals surface area (Å²) in [6.45, 7) is -3.58. The molecule has 0 saturated heterocycles. The van der Waals surface area contributed by atoms with Crippen LogP contribution >= 0.6 is 0 Å². The first-order valence-corrected chi connectivity index (χ1v) is 8.56. The van der Waals surface area contributed by atoms with Crippen molar-refractivity contribution in [2.24, 2.45) is 0 Å². The summed E-state index contributed by atoms with van der Waals surface area (Å²) in [6.07, 6.45) is 2.36. The van der Waals surface area contributed by atoms with Crippen LogP contribution in [0.5, 0.6) is 11.5 Å². The van der Waals surface area contributed by atoms with E-state index in [1.54, 1.807) is 0 Å². The number of benzene rings is 2. The zero-order valence-corrected chi connectivity index (χ0v) is 15.4. The van der Waals surface area contributed by atoms with E-state index in [0.29, 0.717) is 0 Å². The van der Waals surface area contributed by atoms with Crippen LogP contribution in [0, 0.1) is 23.3 Å². The minimum absolute atomic E-state index is 0.0444. The Labute approximate surface area is 171 Å². The van der Waals surface area contributed by atoms with Crippen molar-refractivity contribution in [3.05, 3.63) is 88.9 Å². The summed E-state index contributed by atoms with van der Waals surface area (Å²) < 4.78 is 92.3. The molecule has 3 rings (SSSR count). The Bertz CT molecular complexity index is 1100. The van der Waals surface area contributed by atoms with E-state index in [0.717, 1.165) is 12.1 Å². The third kappa shape index (κ3) is 5.47. The van der Waals surface area contributed by atoms with Gasteiger partial charge in [-0.3, -0.25) is 4.79 Å². The number of ketones is 1. The van der Waals surface area contributed by atoms with Gasteiger partial charge in [-0.15, -0.1) is 0 Å². The van der Waals surface area contributed by atoms with Gasteiger partial charge in [0.1, 0.15) is 23.9 Å². The van der Waals surface area contributed by atoms with E-state index < -0.39 is 48.0 Å². The van der Waals surface area contributed by atoms with Crippen LogP contribution in [0.15, 0.2) is 53.0 Å². The van der Waals surface area contributed by atoms with Crippen molar-refractivity contribution >= 4 is 11.9 Å². The van der Waals surface area contributed by atoms with Gasteiger partial charge in [-0.2, -0.15) is 17.6 Å². The molecule has 0 aliphatic rings. The van der Waals surface area contributed by atoms with Crippen molar-refractivity contribution in [3.63, 3.8) is 0 Å². The molecule has 0 aliphatic carbocycles. The molecule has 162 valence electrons. The summed E-state index contributed by atoms with van der Waals surface area (Å²) in [6, 6.07) is 7.98. The number of ether oxygens (including phenoxy) is 2. The molecule has 31 heavy (non-hydrogen) atoms. The average molecular weight is 442 g/mol. The molecule has 0 fully saturated rings. The summed E-state index contributed by atoms with van der Waals surface area (Å²) in [7, 11) is 0. The number of furan rings is 1. The highest BCUT2D eigenvalue weighted by Crippen LogP contribution is 2.27. The molecule has 3 aromatic rings. The fourth-order valence-corrected chi connectivity index (χ4v) is 2.46. The molecule has 0 spiro atoms. The third-order valence-electron chi connectivity index (χ3n) is 3.86. The zero-order chi connectivity index (χ0) is 22.5. The van der Waals surface area contributed by atoms with Crippen LogP contribution in [0.4, 0.5) is 26.3 Å². The molecule has 1 heterocycles. The van der Waals surface area contributed by atoms with E-state index in [2.05, 4.69) is 4.74 Å². The molecule has 0 aliphatic heterocycles. The largest absolute Gasteiger partial charge is 0.479 e. The van der Waals surface area contributed by atoms with Crippen molar-refractivity contribution in [1.29, 1.82) is 0 Å². The summed E-state index contributed by atoms with van der Waals surface area (Å²) in [5, 5.41) is 0. The second-order valence-corrected chi connectivity index (χ2v) is 5.99. The Morgan fingerprint density at radius 3 is 2.39 bits per heavy atom. The molecule has 0 unspecified atom stereocenters. The second kappa shape index (κ2) is 9.41. The maximum Gasteiger partial charge on any atom is 0.387 e.